The molecule has 74 valence electrons. The Morgan fingerprint density at radius 1 is 1.36 bits per heavy atom. The van der Waals surface area contributed by atoms with Crippen LogP contribution in [-0.4, -0.2) is 30.3 Å². The molecule has 1 aromatic carbocycles. The van der Waals surface area contributed by atoms with Gasteiger partial charge in [0.1, 0.15) is 5.75 Å². The van der Waals surface area contributed by atoms with Crippen molar-refractivity contribution >= 4 is 5.69 Å². The van der Waals surface area contributed by atoms with Gasteiger partial charge in [0.15, 0.2) is 0 Å². The van der Waals surface area contributed by atoms with Gasteiger partial charge in [-0.05, 0) is 18.6 Å². The Hall–Kier alpha value is -1.22. The number of aromatic hydroxyl groups is 1. The molecule has 0 radical (unpaired) electrons. The molecular formula is C11H14N2O. The second-order valence-corrected chi connectivity index (χ2v) is 4.14. The van der Waals surface area contributed by atoms with Gasteiger partial charge in [0, 0.05) is 25.2 Å². The highest BCUT2D eigenvalue weighted by Gasteiger charge is 2.38. The molecule has 2 unspecified atom stereocenters. The van der Waals surface area contributed by atoms with Crippen LogP contribution >= 0.6 is 0 Å². The minimum atomic E-state index is 0.403. The third-order valence-corrected chi connectivity index (χ3v) is 3.25. The van der Waals surface area contributed by atoms with Crippen LogP contribution in [0.2, 0.25) is 0 Å². The summed E-state index contributed by atoms with van der Waals surface area (Å²) < 4.78 is 0. The minimum Gasteiger partial charge on any atom is -0.506 e. The van der Waals surface area contributed by atoms with Crippen molar-refractivity contribution in [1.29, 1.82) is 0 Å². The number of fused-ring (bicyclic) bond motifs is 2. The molecule has 0 amide bonds. The third-order valence-electron chi connectivity index (χ3n) is 3.25. The summed E-state index contributed by atoms with van der Waals surface area (Å²) in [6.07, 6.45) is 1.22. The summed E-state index contributed by atoms with van der Waals surface area (Å²) in [5.74, 6) is 0.403. The van der Waals surface area contributed by atoms with Crippen molar-refractivity contribution in [3.05, 3.63) is 24.3 Å². The summed E-state index contributed by atoms with van der Waals surface area (Å²) in [5.41, 5.74) is 0.988. The smallest absolute Gasteiger partial charge is 0.138 e. The second kappa shape index (κ2) is 2.89. The second-order valence-electron chi connectivity index (χ2n) is 4.14. The molecular weight excluding hydrogens is 176 g/mol. The van der Waals surface area contributed by atoms with Crippen molar-refractivity contribution in [2.24, 2.45) is 0 Å². The van der Waals surface area contributed by atoms with Crippen LogP contribution in [0, 0.1) is 0 Å². The molecule has 2 fully saturated rings. The maximum Gasteiger partial charge on any atom is 0.138 e. The number of hydrogen-bond donors (Lipinski definition) is 2. The van der Waals surface area contributed by atoms with E-state index in [-0.39, 0.29) is 0 Å². The predicted molar refractivity (Wildman–Crippen MR) is 55.6 cm³/mol. The fourth-order valence-electron chi connectivity index (χ4n) is 2.56. The molecule has 0 aromatic heterocycles. The zero-order valence-corrected chi connectivity index (χ0v) is 7.98. The Morgan fingerprint density at radius 2 is 2.21 bits per heavy atom. The lowest BCUT2D eigenvalue weighted by Crippen LogP contribution is -2.43. The first-order valence-corrected chi connectivity index (χ1v) is 5.12. The number of benzene rings is 1. The van der Waals surface area contributed by atoms with Gasteiger partial charge in [0.25, 0.3) is 0 Å². The zero-order chi connectivity index (χ0) is 9.54. The molecule has 2 saturated heterocycles. The fraction of sp³-hybridized carbons (Fsp3) is 0.455. The van der Waals surface area contributed by atoms with Crippen molar-refractivity contribution in [2.75, 3.05) is 18.0 Å². The van der Waals surface area contributed by atoms with E-state index < -0.39 is 0 Å². The van der Waals surface area contributed by atoms with Crippen LogP contribution in [0.15, 0.2) is 24.3 Å². The number of phenols is 1. The molecule has 1 aromatic rings. The minimum absolute atomic E-state index is 0.403. The van der Waals surface area contributed by atoms with Gasteiger partial charge in [0.2, 0.25) is 0 Å². The number of anilines is 1. The molecule has 3 nitrogen and oxygen atoms in total. The average molecular weight is 190 g/mol. The highest BCUT2D eigenvalue weighted by molar-refractivity contribution is 5.59. The molecule has 2 heterocycles. The van der Waals surface area contributed by atoms with E-state index in [0.29, 0.717) is 17.8 Å². The van der Waals surface area contributed by atoms with Crippen LogP contribution in [0.1, 0.15) is 6.42 Å². The van der Waals surface area contributed by atoms with E-state index >= 15 is 0 Å². The Bertz CT molecular complexity index is 353. The van der Waals surface area contributed by atoms with E-state index in [0.717, 1.165) is 18.8 Å². The highest BCUT2D eigenvalue weighted by atomic mass is 16.3. The standard InChI is InChI=1S/C11H14N2O/c14-11-4-2-1-3-10(11)13-7-8-5-9(13)6-12-8/h1-4,8-9,12,14H,5-7H2. The molecule has 14 heavy (non-hydrogen) atoms. The fourth-order valence-corrected chi connectivity index (χ4v) is 2.56. The first-order chi connectivity index (χ1) is 6.84. The third kappa shape index (κ3) is 1.09. The first-order valence-electron chi connectivity index (χ1n) is 5.12. The molecule has 2 aliphatic heterocycles. The largest absolute Gasteiger partial charge is 0.506 e. The first kappa shape index (κ1) is 8.12. The number of piperazine rings is 1. The number of phenolic OH excluding ortho intramolecular Hbond substituents is 1. The summed E-state index contributed by atoms with van der Waals surface area (Å²) in [4.78, 5) is 2.32. The predicted octanol–water partition coefficient (Wildman–Crippen LogP) is 0.943. The lowest BCUT2D eigenvalue weighted by atomic mass is 10.2. The van der Waals surface area contributed by atoms with Crippen molar-refractivity contribution in [3.8, 4) is 5.75 Å². The van der Waals surface area contributed by atoms with Crippen LogP contribution in [0.3, 0.4) is 0 Å². The lowest BCUT2D eigenvalue weighted by molar-refractivity contribution is 0.470. The number of para-hydroxylation sites is 2. The van der Waals surface area contributed by atoms with Gasteiger partial charge in [-0.2, -0.15) is 0 Å². The maximum atomic E-state index is 9.74. The van der Waals surface area contributed by atoms with Gasteiger partial charge >= 0.3 is 0 Å². The molecule has 0 saturated carbocycles. The average Bonchev–Trinajstić information content (AvgIpc) is 2.79. The maximum absolute atomic E-state index is 9.74. The zero-order valence-electron chi connectivity index (χ0n) is 7.98. The Morgan fingerprint density at radius 3 is 2.86 bits per heavy atom. The highest BCUT2D eigenvalue weighted by Crippen LogP contribution is 2.34. The number of nitrogens with zero attached hydrogens (tertiary/aromatic N) is 1. The van der Waals surface area contributed by atoms with Gasteiger partial charge < -0.3 is 15.3 Å². The molecule has 3 heteroatoms. The van der Waals surface area contributed by atoms with Crippen molar-refractivity contribution in [2.45, 2.75) is 18.5 Å². The van der Waals surface area contributed by atoms with Crippen LogP contribution in [0.4, 0.5) is 5.69 Å². The van der Waals surface area contributed by atoms with Crippen molar-refractivity contribution in [1.82, 2.24) is 5.32 Å². The Balaban J connectivity index is 1.93. The normalized spacial score (nSPS) is 29.9. The molecule has 2 atom stereocenters. The summed E-state index contributed by atoms with van der Waals surface area (Å²) in [6, 6.07) is 8.80. The Kier molecular flexibility index (Phi) is 1.67. The van der Waals surface area contributed by atoms with E-state index in [4.69, 9.17) is 0 Å². The van der Waals surface area contributed by atoms with Crippen LogP contribution in [-0.2, 0) is 0 Å². The van der Waals surface area contributed by atoms with Gasteiger partial charge in [-0.3, -0.25) is 0 Å². The molecule has 3 rings (SSSR count). The Labute approximate surface area is 83.3 Å². The van der Waals surface area contributed by atoms with Crippen LogP contribution in [0.25, 0.3) is 0 Å². The van der Waals surface area contributed by atoms with Gasteiger partial charge in [-0.1, -0.05) is 12.1 Å². The molecule has 2 aliphatic rings. The number of rotatable bonds is 1. The SMILES string of the molecule is Oc1ccccc1N1CC2CC1CN2. The summed E-state index contributed by atoms with van der Waals surface area (Å²) >= 11 is 0. The monoisotopic (exact) mass is 190 g/mol. The molecule has 0 spiro atoms. The van der Waals surface area contributed by atoms with Crippen LogP contribution < -0.4 is 10.2 Å². The summed E-state index contributed by atoms with van der Waals surface area (Å²) in [6.45, 7) is 2.08. The quantitative estimate of drug-likeness (QED) is 0.692. The summed E-state index contributed by atoms with van der Waals surface area (Å²) in [5, 5.41) is 13.2. The van der Waals surface area contributed by atoms with Gasteiger partial charge in [-0.15, -0.1) is 0 Å². The van der Waals surface area contributed by atoms with E-state index in [2.05, 4.69) is 10.2 Å². The number of nitrogens with one attached hydrogen (secondary N) is 1. The number of hydrogen-bond acceptors (Lipinski definition) is 3. The van der Waals surface area contributed by atoms with E-state index in [1.165, 1.54) is 6.42 Å². The van der Waals surface area contributed by atoms with E-state index in [9.17, 15) is 5.11 Å². The molecule has 2 N–H and O–H groups in total. The van der Waals surface area contributed by atoms with E-state index in [1.54, 1.807) is 6.07 Å². The van der Waals surface area contributed by atoms with E-state index in [1.807, 2.05) is 18.2 Å². The van der Waals surface area contributed by atoms with Crippen molar-refractivity contribution < 1.29 is 5.11 Å². The molecule has 2 bridgehead atoms. The van der Waals surface area contributed by atoms with Gasteiger partial charge in [-0.25, -0.2) is 0 Å². The topological polar surface area (TPSA) is 35.5 Å². The lowest BCUT2D eigenvalue weighted by Gasteiger charge is -2.29. The molecule has 0 aliphatic carbocycles. The summed E-state index contributed by atoms with van der Waals surface area (Å²) in [7, 11) is 0. The van der Waals surface area contributed by atoms with Crippen molar-refractivity contribution in [3.63, 3.8) is 0 Å². The van der Waals surface area contributed by atoms with Gasteiger partial charge in [0.05, 0.1) is 5.69 Å². The van der Waals surface area contributed by atoms with Crippen LogP contribution in [0.5, 0.6) is 5.75 Å².